The normalized spacial score (nSPS) is 17.8. The van der Waals surface area contributed by atoms with Gasteiger partial charge in [0.2, 0.25) is 11.8 Å². The van der Waals surface area contributed by atoms with Gasteiger partial charge in [0.15, 0.2) is 0 Å². The van der Waals surface area contributed by atoms with Gasteiger partial charge in [0, 0.05) is 51.4 Å². The number of hydrogen-bond donors (Lipinski definition) is 1. The van der Waals surface area contributed by atoms with Crippen molar-refractivity contribution in [1.82, 2.24) is 14.7 Å². The average molecular weight is 427 g/mol. The van der Waals surface area contributed by atoms with Gasteiger partial charge in [-0.05, 0) is 12.1 Å². The maximum absolute atomic E-state index is 12.5. The third-order valence-electron chi connectivity index (χ3n) is 5.20. The van der Waals surface area contributed by atoms with E-state index in [1.54, 1.807) is 17.0 Å². The number of carbonyl (C=O) groups excluding carboxylic acids is 2. The van der Waals surface area contributed by atoms with Crippen molar-refractivity contribution in [2.75, 3.05) is 58.2 Å². The number of hydrogen-bond acceptors (Lipinski definition) is 5. The van der Waals surface area contributed by atoms with E-state index < -0.39 is 0 Å². The first kappa shape index (κ1) is 20.8. The molecule has 0 unspecified atom stereocenters. The van der Waals surface area contributed by atoms with Gasteiger partial charge in [0.05, 0.1) is 29.4 Å². The average Bonchev–Trinajstić information content (AvgIpc) is 2.67. The molecule has 2 saturated heterocycles. The zero-order valence-corrected chi connectivity index (χ0v) is 17.3. The number of piperazine rings is 1. The van der Waals surface area contributed by atoms with Gasteiger partial charge >= 0.3 is 0 Å². The fourth-order valence-corrected chi connectivity index (χ4v) is 3.77. The second-order valence-corrected chi connectivity index (χ2v) is 7.65. The first-order chi connectivity index (χ1) is 13.4. The second-order valence-electron chi connectivity index (χ2n) is 6.84. The van der Waals surface area contributed by atoms with Crippen LogP contribution in [0.3, 0.4) is 0 Å². The van der Waals surface area contributed by atoms with Crippen molar-refractivity contribution >= 4 is 40.7 Å². The Balaban J connectivity index is 1.45. The van der Waals surface area contributed by atoms with E-state index in [2.05, 4.69) is 16.8 Å². The molecule has 28 heavy (non-hydrogen) atoms. The van der Waals surface area contributed by atoms with Gasteiger partial charge in [-0.15, -0.1) is 0 Å². The number of likely N-dealkylation sites (tertiary alicyclic amines) is 1. The quantitative estimate of drug-likeness (QED) is 0.704. The number of ether oxygens (including phenoxy) is 1. The van der Waals surface area contributed by atoms with E-state index in [0.29, 0.717) is 40.6 Å². The Morgan fingerprint density at radius 3 is 2.43 bits per heavy atom. The SMILES string of the molecule is C=CC(=O)N1CC(N2CCN(C(=O)CNc3cc(Cl)c(Cl)cc3OC)CC2)C1. The molecule has 3 rings (SSSR count). The summed E-state index contributed by atoms with van der Waals surface area (Å²) in [4.78, 5) is 30.1. The zero-order valence-electron chi connectivity index (χ0n) is 15.8. The van der Waals surface area contributed by atoms with Crippen molar-refractivity contribution in [2.24, 2.45) is 0 Å². The highest BCUT2D eigenvalue weighted by Gasteiger charge is 2.35. The van der Waals surface area contributed by atoms with E-state index in [1.807, 2.05) is 4.90 Å². The van der Waals surface area contributed by atoms with Gasteiger partial charge in [-0.25, -0.2) is 0 Å². The Morgan fingerprint density at radius 1 is 1.18 bits per heavy atom. The third kappa shape index (κ3) is 4.54. The number of methoxy groups -OCH3 is 1. The Labute approximate surface area is 174 Å². The van der Waals surface area contributed by atoms with E-state index in [4.69, 9.17) is 27.9 Å². The number of benzene rings is 1. The minimum Gasteiger partial charge on any atom is -0.495 e. The predicted octanol–water partition coefficient (Wildman–Crippen LogP) is 1.95. The van der Waals surface area contributed by atoms with Crippen molar-refractivity contribution in [1.29, 1.82) is 0 Å². The van der Waals surface area contributed by atoms with Crippen LogP contribution in [0.2, 0.25) is 10.0 Å². The molecule has 2 heterocycles. The molecule has 2 amide bonds. The molecule has 1 aromatic carbocycles. The lowest BCUT2D eigenvalue weighted by Crippen LogP contribution is -2.64. The summed E-state index contributed by atoms with van der Waals surface area (Å²) in [7, 11) is 1.54. The van der Waals surface area contributed by atoms with E-state index in [9.17, 15) is 9.59 Å². The van der Waals surface area contributed by atoms with Gasteiger partial charge in [0.25, 0.3) is 0 Å². The van der Waals surface area contributed by atoms with Crippen molar-refractivity contribution in [3.8, 4) is 5.75 Å². The van der Waals surface area contributed by atoms with E-state index in [0.717, 1.165) is 26.2 Å². The molecule has 0 spiro atoms. The number of rotatable bonds is 6. The maximum Gasteiger partial charge on any atom is 0.246 e. The van der Waals surface area contributed by atoms with Gasteiger partial charge in [-0.3, -0.25) is 14.5 Å². The summed E-state index contributed by atoms with van der Waals surface area (Å²) in [5.41, 5.74) is 0.630. The molecule has 1 N–H and O–H groups in total. The lowest BCUT2D eigenvalue weighted by molar-refractivity contribution is -0.135. The first-order valence-electron chi connectivity index (χ1n) is 9.13. The monoisotopic (exact) mass is 426 g/mol. The van der Waals surface area contributed by atoms with Crippen LogP contribution < -0.4 is 10.1 Å². The van der Waals surface area contributed by atoms with Crippen molar-refractivity contribution in [3.05, 3.63) is 34.8 Å². The van der Waals surface area contributed by atoms with Crippen LogP contribution in [0.5, 0.6) is 5.75 Å². The van der Waals surface area contributed by atoms with Crippen LogP contribution in [0.25, 0.3) is 0 Å². The molecule has 1 aromatic rings. The molecule has 0 radical (unpaired) electrons. The molecule has 2 fully saturated rings. The number of carbonyl (C=O) groups is 2. The minimum atomic E-state index is -0.0196. The van der Waals surface area contributed by atoms with Gasteiger partial charge in [0.1, 0.15) is 5.75 Å². The highest BCUT2D eigenvalue weighted by atomic mass is 35.5. The molecular weight excluding hydrogens is 403 g/mol. The summed E-state index contributed by atoms with van der Waals surface area (Å²) in [6.45, 7) is 8.09. The Morgan fingerprint density at radius 2 is 1.82 bits per heavy atom. The standard InChI is InChI=1S/C19H24Cl2N4O3/c1-3-18(26)25-11-13(12-25)23-4-6-24(7-5-23)19(27)10-22-16-8-14(20)15(21)9-17(16)28-2/h3,8-9,13,22H,1,4-7,10-12H2,2H3. The molecular formula is C19H24Cl2N4O3. The first-order valence-corrected chi connectivity index (χ1v) is 9.88. The number of anilines is 1. The number of amides is 2. The molecule has 2 aliphatic heterocycles. The summed E-state index contributed by atoms with van der Waals surface area (Å²) in [6.07, 6.45) is 1.35. The van der Waals surface area contributed by atoms with Crippen LogP contribution in [0.1, 0.15) is 0 Å². The Hall–Kier alpha value is -1.96. The van der Waals surface area contributed by atoms with Crippen LogP contribution in [0.4, 0.5) is 5.69 Å². The summed E-state index contributed by atoms with van der Waals surface area (Å²) in [6, 6.07) is 3.65. The van der Waals surface area contributed by atoms with Crippen molar-refractivity contribution in [3.63, 3.8) is 0 Å². The number of halogens is 2. The second kappa shape index (κ2) is 9.03. The van der Waals surface area contributed by atoms with Crippen LogP contribution in [-0.4, -0.2) is 85.5 Å². The van der Waals surface area contributed by atoms with E-state index >= 15 is 0 Å². The van der Waals surface area contributed by atoms with Crippen molar-refractivity contribution < 1.29 is 14.3 Å². The van der Waals surface area contributed by atoms with Crippen molar-refractivity contribution in [2.45, 2.75) is 6.04 Å². The predicted molar refractivity (Wildman–Crippen MR) is 110 cm³/mol. The van der Waals surface area contributed by atoms with Crippen LogP contribution in [0.15, 0.2) is 24.8 Å². The van der Waals surface area contributed by atoms with Gasteiger partial charge in [-0.2, -0.15) is 0 Å². The summed E-state index contributed by atoms with van der Waals surface area (Å²) >= 11 is 12.0. The van der Waals surface area contributed by atoms with Crippen LogP contribution in [0, 0.1) is 0 Å². The maximum atomic E-state index is 12.5. The number of nitrogens with zero attached hydrogens (tertiary/aromatic N) is 3. The lowest BCUT2D eigenvalue weighted by Gasteiger charge is -2.47. The molecule has 2 aliphatic rings. The largest absolute Gasteiger partial charge is 0.495 e. The highest BCUT2D eigenvalue weighted by molar-refractivity contribution is 6.42. The molecule has 9 heteroatoms. The Bertz CT molecular complexity index is 760. The molecule has 152 valence electrons. The van der Waals surface area contributed by atoms with Gasteiger partial charge < -0.3 is 19.9 Å². The Kier molecular flexibility index (Phi) is 6.69. The summed E-state index contributed by atoms with van der Waals surface area (Å²) in [5, 5.41) is 3.88. The van der Waals surface area contributed by atoms with E-state index in [-0.39, 0.29) is 18.4 Å². The highest BCUT2D eigenvalue weighted by Crippen LogP contribution is 2.34. The minimum absolute atomic E-state index is 0.0184. The molecule has 7 nitrogen and oxygen atoms in total. The topological polar surface area (TPSA) is 65.1 Å². The lowest BCUT2D eigenvalue weighted by atomic mass is 10.1. The van der Waals surface area contributed by atoms with E-state index in [1.165, 1.54) is 13.2 Å². The smallest absolute Gasteiger partial charge is 0.246 e. The summed E-state index contributed by atoms with van der Waals surface area (Å²) in [5.74, 6) is 0.536. The molecule has 0 bridgehead atoms. The third-order valence-corrected chi connectivity index (χ3v) is 5.93. The molecule has 0 saturated carbocycles. The molecule has 0 aliphatic carbocycles. The fourth-order valence-electron chi connectivity index (χ4n) is 3.45. The zero-order chi connectivity index (χ0) is 20.3. The summed E-state index contributed by atoms with van der Waals surface area (Å²) < 4.78 is 5.28. The van der Waals surface area contributed by atoms with Crippen LogP contribution >= 0.6 is 23.2 Å². The fraction of sp³-hybridized carbons (Fsp3) is 0.474. The molecule has 0 aromatic heterocycles. The van der Waals surface area contributed by atoms with Crippen LogP contribution in [-0.2, 0) is 9.59 Å². The van der Waals surface area contributed by atoms with Gasteiger partial charge in [-0.1, -0.05) is 29.8 Å². The molecule has 0 atom stereocenters. The number of nitrogens with one attached hydrogen (secondary N) is 1.